The first-order chi connectivity index (χ1) is 6.54. The van der Waals surface area contributed by atoms with Crippen molar-refractivity contribution in [1.82, 2.24) is 4.90 Å². The Bertz CT molecular complexity index is 252. The third-order valence-corrected chi connectivity index (χ3v) is 3.09. The van der Waals surface area contributed by atoms with E-state index >= 15 is 0 Å². The van der Waals surface area contributed by atoms with E-state index in [1.165, 1.54) is 0 Å². The van der Waals surface area contributed by atoms with Crippen molar-refractivity contribution < 1.29 is 4.21 Å². The number of hydrogen-bond donors (Lipinski definition) is 0. The summed E-state index contributed by atoms with van der Waals surface area (Å²) >= 11 is 0. The monoisotopic (exact) mass is 232 g/mol. The second-order valence-corrected chi connectivity index (χ2v) is 7.76. The van der Waals surface area contributed by atoms with Crippen molar-refractivity contribution in [3.05, 3.63) is 0 Å². The van der Waals surface area contributed by atoms with E-state index in [1.54, 1.807) is 0 Å². The number of hydrogen-bond acceptors (Lipinski definition) is 2. The van der Waals surface area contributed by atoms with Crippen LogP contribution in [0.4, 0.5) is 0 Å². The Balaban J connectivity index is 4.46. The van der Waals surface area contributed by atoms with E-state index in [9.17, 15) is 4.21 Å². The average Bonchev–Trinajstić information content (AvgIpc) is 1.95. The van der Waals surface area contributed by atoms with Gasteiger partial charge in [0.1, 0.15) is 11.0 Å². The quantitative estimate of drug-likeness (QED) is 0.695. The van der Waals surface area contributed by atoms with Crippen LogP contribution in [-0.2, 0) is 11.0 Å². The second-order valence-electron chi connectivity index (χ2n) is 5.82. The van der Waals surface area contributed by atoms with Crippen LogP contribution in [0.1, 0.15) is 34.6 Å². The van der Waals surface area contributed by atoms with Crippen molar-refractivity contribution in [2.24, 2.45) is 9.81 Å². The fraction of sp³-hybridized carbons (Fsp3) is 0.909. The van der Waals surface area contributed by atoms with Crippen LogP contribution in [0.5, 0.6) is 0 Å². The Kier molecular flexibility index (Phi) is 5.14. The van der Waals surface area contributed by atoms with Gasteiger partial charge in [0.2, 0.25) is 0 Å². The van der Waals surface area contributed by atoms with Gasteiger partial charge in [0, 0.05) is 18.2 Å². The largest absolute Gasteiger partial charge is 0.308 e. The summed E-state index contributed by atoms with van der Waals surface area (Å²) in [7, 11) is 2.90. The maximum Gasteiger partial charge on any atom is 0.144 e. The predicted molar refractivity (Wildman–Crippen MR) is 68.7 cm³/mol. The Hall–Kier alpha value is -0.220. The summed E-state index contributed by atoms with van der Waals surface area (Å²) < 4.78 is 15.6. The van der Waals surface area contributed by atoms with E-state index in [0.29, 0.717) is 0 Å². The summed E-state index contributed by atoms with van der Waals surface area (Å²) in [5.41, 5.74) is -0.0373. The Labute approximate surface area is 96.6 Å². The molecule has 0 amide bonds. The van der Waals surface area contributed by atoms with E-state index in [4.69, 9.17) is 0 Å². The molecule has 1 unspecified atom stereocenters. The van der Waals surface area contributed by atoms with E-state index in [1.807, 2.05) is 41.1 Å². The zero-order chi connectivity index (χ0) is 12.3. The molecule has 0 aromatic heterocycles. The minimum atomic E-state index is -1.15. The van der Waals surface area contributed by atoms with Gasteiger partial charge in [0.05, 0.1) is 4.75 Å². The number of rotatable bonds is 4. The first-order valence-electron chi connectivity index (χ1n) is 5.16. The van der Waals surface area contributed by atoms with Gasteiger partial charge in [-0.15, -0.1) is 0 Å². The molecule has 1 atom stereocenters. The standard InChI is InChI=1S/C11H24N2OS/c1-10(2,3)15(14)12-8-11(4,5)9-13(6)7/h8H,9H2,1-7H3. The normalized spacial score (nSPS) is 16.3. The van der Waals surface area contributed by atoms with Crippen LogP contribution in [0.2, 0.25) is 0 Å². The fourth-order valence-corrected chi connectivity index (χ4v) is 1.90. The zero-order valence-electron chi connectivity index (χ0n) is 11.0. The minimum absolute atomic E-state index is 0.0373. The maximum absolute atomic E-state index is 11.7. The molecule has 0 saturated heterocycles. The summed E-state index contributed by atoms with van der Waals surface area (Å²) in [6, 6.07) is 0. The summed E-state index contributed by atoms with van der Waals surface area (Å²) in [6.45, 7) is 10.9. The lowest BCUT2D eigenvalue weighted by atomic mass is 9.95. The lowest BCUT2D eigenvalue weighted by Crippen LogP contribution is -2.30. The van der Waals surface area contributed by atoms with Gasteiger partial charge < -0.3 is 4.90 Å². The molecule has 0 saturated carbocycles. The van der Waals surface area contributed by atoms with Crippen molar-refractivity contribution >= 4 is 17.2 Å². The van der Waals surface area contributed by atoms with E-state index < -0.39 is 11.0 Å². The Morgan fingerprint density at radius 1 is 1.20 bits per heavy atom. The highest BCUT2D eigenvalue weighted by Gasteiger charge is 2.21. The SMILES string of the molecule is CN(C)CC(C)(C)C=NS(=O)C(C)(C)C. The molecule has 0 aromatic carbocycles. The van der Waals surface area contributed by atoms with Crippen molar-refractivity contribution in [3.63, 3.8) is 0 Å². The summed E-state index contributed by atoms with van der Waals surface area (Å²) in [5.74, 6) is 0. The molecule has 4 heteroatoms. The van der Waals surface area contributed by atoms with Gasteiger partial charge in [-0.3, -0.25) is 0 Å². The average molecular weight is 232 g/mol. The third-order valence-electron chi connectivity index (χ3n) is 1.75. The van der Waals surface area contributed by atoms with Crippen molar-refractivity contribution in [2.45, 2.75) is 39.4 Å². The zero-order valence-corrected chi connectivity index (χ0v) is 11.8. The molecular formula is C11H24N2OS. The van der Waals surface area contributed by atoms with Crippen LogP contribution in [0, 0.1) is 5.41 Å². The second kappa shape index (κ2) is 5.21. The highest BCUT2D eigenvalue weighted by molar-refractivity contribution is 7.85. The van der Waals surface area contributed by atoms with Crippen molar-refractivity contribution in [3.8, 4) is 0 Å². The molecule has 0 spiro atoms. The molecule has 3 nitrogen and oxygen atoms in total. The van der Waals surface area contributed by atoms with Gasteiger partial charge in [-0.1, -0.05) is 13.8 Å². The highest BCUT2D eigenvalue weighted by atomic mass is 32.2. The topological polar surface area (TPSA) is 32.7 Å². The molecular weight excluding hydrogens is 208 g/mol. The van der Waals surface area contributed by atoms with Gasteiger partial charge in [-0.05, 0) is 34.9 Å². The fourth-order valence-electron chi connectivity index (χ4n) is 1.20. The van der Waals surface area contributed by atoms with Crippen LogP contribution >= 0.6 is 0 Å². The molecule has 0 aliphatic heterocycles. The van der Waals surface area contributed by atoms with E-state index in [-0.39, 0.29) is 10.2 Å². The summed E-state index contributed by atoms with van der Waals surface area (Å²) in [5, 5.41) is 0. The molecule has 0 heterocycles. The highest BCUT2D eigenvalue weighted by Crippen LogP contribution is 2.16. The summed E-state index contributed by atoms with van der Waals surface area (Å²) in [4.78, 5) is 2.10. The molecule has 0 bridgehead atoms. The van der Waals surface area contributed by atoms with Crippen LogP contribution < -0.4 is 0 Å². The Morgan fingerprint density at radius 2 is 1.67 bits per heavy atom. The molecule has 0 fully saturated rings. The molecule has 0 aromatic rings. The van der Waals surface area contributed by atoms with Gasteiger partial charge in [0.15, 0.2) is 0 Å². The van der Waals surface area contributed by atoms with Crippen LogP contribution in [0.15, 0.2) is 4.40 Å². The summed E-state index contributed by atoms with van der Waals surface area (Å²) in [6.07, 6.45) is 1.81. The lowest BCUT2D eigenvalue weighted by molar-refractivity contribution is 0.315. The molecule has 0 radical (unpaired) electrons. The van der Waals surface area contributed by atoms with Crippen molar-refractivity contribution in [2.75, 3.05) is 20.6 Å². The van der Waals surface area contributed by atoms with Gasteiger partial charge >= 0.3 is 0 Å². The molecule has 0 aliphatic carbocycles. The lowest BCUT2D eigenvalue weighted by Gasteiger charge is -2.24. The third kappa shape index (κ3) is 6.79. The number of nitrogens with zero attached hydrogens (tertiary/aromatic N) is 2. The molecule has 15 heavy (non-hydrogen) atoms. The molecule has 0 aliphatic rings. The van der Waals surface area contributed by atoms with E-state index in [2.05, 4.69) is 23.1 Å². The van der Waals surface area contributed by atoms with Gasteiger partial charge in [-0.25, -0.2) is 4.21 Å². The van der Waals surface area contributed by atoms with Gasteiger partial charge in [0.25, 0.3) is 0 Å². The molecule has 0 N–H and O–H groups in total. The first kappa shape index (κ1) is 14.8. The molecule has 0 rings (SSSR count). The van der Waals surface area contributed by atoms with E-state index in [0.717, 1.165) is 6.54 Å². The molecule has 90 valence electrons. The maximum atomic E-state index is 11.7. The predicted octanol–water partition coefficient (Wildman–Crippen LogP) is 2.11. The van der Waals surface area contributed by atoms with Crippen LogP contribution in [0.25, 0.3) is 0 Å². The van der Waals surface area contributed by atoms with Gasteiger partial charge in [-0.2, -0.15) is 4.40 Å². The van der Waals surface area contributed by atoms with Crippen LogP contribution in [0.3, 0.4) is 0 Å². The first-order valence-corrected chi connectivity index (χ1v) is 6.27. The minimum Gasteiger partial charge on any atom is -0.308 e. The van der Waals surface area contributed by atoms with Crippen LogP contribution in [-0.4, -0.2) is 40.7 Å². The smallest absolute Gasteiger partial charge is 0.144 e. The van der Waals surface area contributed by atoms with Crippen molar-refractivity contribution in [1.29, 1.82) is 0 Å². The Morgan fingerprint density at radius 3 is 2.00 bits per heavy atom.